The highest BCUT2D eigenvalue weighted by Crippen LogP contribution is 2.27. The van der Waals surface area contributed by atoms with E-state index in [0.717, 1.165) is 64.6 Å². The number of nitrogens with one attached hydrogen (secondary N) is 2. The maximum atomic E-state index is 12.5. The van der Waals surface area contributed by atoms with Gasteiger partial charge in [-0.25, -0.2) is 0 Å². The summed E-state index contributed by atoms with van der Waals surface area (Å²) in [6, 6.07) is 0.284. The highest BCUT2D eigenvalue weighted by atomic mass is 127. The van der Waals surface area contributed by atoms with Gasteiger partial charge in [-0.15, -0.1) is 24.0 Å². The Morgan fingerprint density at radius 3 is 2.65 bits per heavy atom. The lowest BCUT2D eigenvalue weighted by Gasteiger charge is -2.30. The van der Waals surface area contributed by atoms with Crippen LogP contribution in [0.2, 0.25) is 0 Å². The van der Waals surface area contributed by atoms with E-state index in [1.165, 1.54) is 12.8 Å². The topological polar surface area (TPSA) is 69.2 Å². The second-order valence-electron chi connectivity index (χ2n) is 7.60. The molecule has 2 saturated heterocycles. The molecule has 2 unspecified atom stereocenters. The van der Waals surface area contributed by atoms with Crippen molar-refractivity contribution in [3.05, 3.63) is 0 Å². The van der Waals surface area contributed by atoms with Gasteiger partial charge in [-0.1, -0.05) is 12.8 Å². The summed E-state index contributed by atoms with van der Waals surface area (Å²) in [7, 11) is 3.91. The van der Waals surface area contributed by atoms with Crippen LogP contribution < -0.4 is 10.6 Å². The van der Waals surface area contributed by atoms with E-state index in [2.05, 4.69) is 27.6 Å². The molecular weight excluding hydrogens is 445 g/mol. The lowest BCUT2D eigenvalue weighted by Crippen LogP contribution is -2.50. The van der Waals surface area contributed by atoms with E-state index in [4.69, 9.17) is 4.74 Å². The van der Waals surface area contributed by atoms with Crippen LogP contribution in [0.4, 0.5) is 0 Å². The summed E-state index contributed by atoms with van der Waals surface area (Å²) in [6.07, 6.45) is 5.75. The maximum absolute atomic E-state index is 12.5. The molecule has 150 valence electrons. The summed E-state index contributed by atoms with van der Waals surface area (Å²) < 4.78 is 5.78. The Morgan fingerprint density at radius 1 is 1.19 bits per heavy atom. The predicted molar refractivity (Wildman–Crippen MR) is 114 cm³/mol. The van der Waals surface area contributed by atoms with E-state index in [9.17, 15) is 4.79 Å². The van der Waals surface area contributed by atoms with Crippen molar-refractivity contribution in [1.29, 1.82) is 0 Å². The first-order valence-corrected chi connectivity index (χ1v) is 9.72. The number of halogens is 1. The number of guanidine groups is 1. The van der Waals surface area contributed by atoms with Gasteiger partial charge in [0.05, 0.1) is 12.7 Å². The summed E-state index contributed by atoms with van der Waals surface area (Å²) in [4.78, 5) is 21.2. The van der Waals surface area contributed by atoms with Crippen molar-refractivity contribution in [3.63, 3.8) is 0 Å². The molecular formula is C18H34IN5O2. The normalized spacial score (nSPS) is 28.1. The molecule has 1 aliphatic carbocycles. The van der Waals surface area contributed by atoms with Gasteiger partial charge in [0.1, 0.15) is 0 Å². The number of carbonyl (C=O) groups excluding carboxylic acids is 1. The van der Waals surface area contributed by atoms with Gasteiger partial charge >= 0.3 is 0 Å². The van der Waals surface area contributed by atoms with Gasteiger partial charge in [0.2, 0.25) is 5.91 Å². The molecule has 1 amide bonds. The minimum absolute atomic E-state index is 0. The molecule has 2 N–H and O–H groups in total. The Hall–Kier alpha value is -0.610. The SMILES string of the molecule is CN=C(NCC1CN(C)CCO1)NC1CCN(C(=O)C2CCCC2)C1.I. The maximum Gasteiger partial charge on any atom is 0.225 e. The second-order valence-corrected chi connectivity index (χ2v) is 7.60. The lowest BCUT2D eigenvalue weighted by molar-refractivity contribution is -0.134. The van der Waals surface area contributed by atoms with Gasteiger partial charge in [0.15, 0.2) is 5.96 Å². The first-order valence-electron chi connectivity index (χ1n) is 9.72. The molecule has 0 radical (unpaired) electrons. The van der Waals surface area contributed by atoms with Gasteiger partial charge in [-0.05, 0) is 26.3 Å². The van der Waals surface area contributed by atoms with Gasteiger partial charge < -0.3 is 25.2 Å². The molecule has 0 aromatic carbocycles. The number of rotatable bonds is 4. The van der Waals surface area contributed by atoms with Gasteiger partial charge in [-0.3, -0.25) is 9.79 Å². The van der Waals surface area contributed by atoms with Gasteiger partial charge in [0, 0.05) is 51.7 Å². The molecule has 3 rings (SSSR count). The summed E-state index contributed by atoms with van der Waals surface area (Å²) in [5, 5.41) is 6.84. The Labute approximate surface area is 174 Å². The van der Waals surface area contributed by atoms with Crippen molar-refractivity contribution in [2.24, 2.45) is 10.9 Å². The summed E-state index contributed by atoms with van der Waals surface area (Å²) >= 11 is 0. The zero-order valence-electron chi connectivity index (χ0n) is 16.1. The van der Waals surface area contributed by atoms with Crippen LogP contribution >= 0.6 is 24.0 Å². The molecule has 3 fully saturated rings. The van der Waals surface area contributed by atoms with E-state index in [-0.39, 0.29) is 42.0 Å². The molecule has 0 bridgehead atoms. The van der Waals surface area contributed by atoms with Crippen LogP contribution in [0.5, 0.6) is 0 Å². The van der Waals surface area contributed by atoms with Crippen LogP contribution in [0.3, 0.4) is 0 Å². The number of likely N-dealkylation sites (N-methyl/N-ethyl adjacent to an activating group) is 1. The fourth-order valence-electron chi connectivity index (χ4n) is 4.10. The summed E-state index contributed by atoms with van der Waals surface area (Å²) in [5.41, 5.74) is 0. The van der Waals surface area contributed by atoms with Crippen LogP contribution in [0.25, 0.3) is 0 Å². The zero-order chi connectivity index (χ0) is 17.6. The molecule has 0 aromatic rings. The zero-order valence-corrected chi connectivity index (χ0v) is 18.4. The average Bonchev–Trinajstić information content (AvgIpc) is 3.30. The van der Waals surface area contributed by atoms with Gasteiger partial charge in [-0.2, -0.15) is 0 Å². The fraction of sp³-hybridized carbons (Fsp3) is 0.889. The Balaban J connectivity index is 0.00000243. The van der Waals surface area contributed by atoms with E-state index in [1.54, 1.807) is 7.05 Å². The molecule has 3 aliphatic rings. The lowest BCUT2D eigenvalue weighted by atomic mass is 10.1. The number of hydrogen-bond donors (Lipinski definition) is 2. The molecule has 0 aromatic heterocycles. The van der Waals surface area contributed by atoms with Crippen molar-refractivity contribution < 1.29 is 9.53 Å². The van der Waals surface area contributed by atoms with Crippen molar-refractivity contribution in [2.75, 3.05) is 53.4 Å². The number of hydrogen-bond acceptors (Lipinski definition) is 4. The number of carbonyl (C=O) groups is 1. The quantitative estimate of drug-likeness (QED) is 0.356. The highest BCUT2D eigenvalue weighted by Gasteiger charge is 2.32. The predicted octanol–water partition coefficient (Wildman–Crippen LogP) is 0.891. The minimum Gasteiger partial charge on any atom is -0.374 e. The molecule has 8 heteroatoms. The van der Waals surface area contributed by atoms with Crippen LogP contribution in [-0.4, -0.2) is 87.2 Å². The van der Waals surface area contributed by atoms with Crippen molar-refractivity contribution >= 4 is 35.8 Å². The summed E-state index contributed by atoms with van der Waals surface area (Å²) in [5.74, 6) is 1.44. The first kappa shape index (κ1) is 21.7. The third-order valence-electron chi connectivity index (χ3n) is 5.61. The molecule has 26 heavy (non-hydrogen) atoms. The third-order valence-corrected chi connectivity index (χ3v) is 5.61. The number of ether oxygens (including phenoxy) is 1. The smallest absolute Gasteiger partial charge is 0.225 e. The number of amides is 1. The largest absolute Gasteiger partial charge is 0.374 e. The standard InChI is InChI=1S/C18H33N5O2.HI/c1-19-18(20-11-16-13-22(2)9-10-25-16)21-15-7-8-23(12-15)17(24)14-5-3-4-6-14;/h14-16H,3-13H2,1-2H3,(H2,19,20,21);1H. The number of likely N-dealkylation sites (tertiary alicyclic amines) is 1. The molecule has 0 spiro atoms. The van der Waals surface area contributed by atoms with Crippen LogP contribution in [-0.2, 0) is 9.53 Å². The van der Waals surface area contributed by atoms with Crippen LogP contribution in [0, 0.1) is 5.92 Å². The molecule has 7 nitrogen and oxygen atoms in total. The molecule has 2 heterocycles. The fourth-order valence-corrected chi connectivity index (χ4v) is 4.10. The van der Waals surface area contributed by atoms with E-state index in [1.807, 2.05) is 4.90 Å². The molecule has 1 saturated carbocycles. The van der Waals surface area contributed by atoms with E-state index < -0.39 is 0 Å². The molecule has 2 atom stereocenters. The average molecular weight is 479 g/mol. The Bertz CT molecular complexity index is 484. The van der Waals surface area contributed by atoms with Crippen molar-refractivity contribution in [2.45, 2.75) is 44.2 Å². The summed E-state index contributed by atoms with van der Waals surface area (Å²) in [6.45, 7) is 5.13. The highest BCUT2D eigenvalue weighted by molar-refractivity contribution is 14.0. The Kier molecular flexibility index (Phi) is 8.89. The van der Waals surface area contributed by atoms with Crippen molar-refractivity contribution in [1.82, 2.24) is 20.4 Å². The second kappa shape index (κ2) is 10.7. The van der Waals surface area contributed by atoms with Crippen LogP contribution in [0.15, 0.2) is 4.99 Å². The van der Waals surface area contributed by atoms with E-state index >= 15 is 0 Å². The monoisotopic (exact) mass is 479 g/mol. The molecule has 2 aliphatic heterocycles. The minimum atomic E-state index is 0. The third kappa shape index (κ3) is 5.95. The number of morpholine rings is 1. The number of nitrogens with zero attached hydrogens (tertiary/aromatic N) is 3. The first-order chi connectivity index (χ1) is 12.2. The Morgan fingerprint density at radius 2 is 1.96 bits per heavy atom. The number of aliphatic imine (C=N–C) groups is 1. The van der Waals surface area contributed by atoms with Crippen LogP contribution in [0.1, 0.15) is 32.1 Å². The van der Waals surface area contributed by atoms with Gasteiger partial charge in [0.25, 0.3) is 0 Å². The van der Waals surface area contributed by atoms with Crippen molar-refractivity contribution in [3.8, 4) is 0 Å². The van der Waals surface area contributed by atoms with E-state index in [0.29, 0.717) is 5.91 Å².